The van der Waals surface area contributed by atoms with Crippen LogP contribution in [0.5, 0.6) is 17.4 Å². The van der Waals surface area contributed by atoms with Gasteiger partial charge in [-0.3, -0.25) is 9.78 Å². The molecule has 1 aliphatic rings. The van der Waals surface area contributed by atoms with Crippen LogP contribution in [0.3, 0.4) is 0 Å². The average molecular weight is 419 g/mol. The Hall–Kier alpha value is -4.34. The lowest BCUT2D eigenvalue weighted by atomic mass is 10.2. The standard InChI is InChI=1S/C21H17N5O5/c1-22-20(27)15-8-12(4-6-23-15)10-29-21-18-14(5-7-28-18)19(25-26-21)24-13-2-3-16-17(9-13)31-11-30-16/h2-9H,10-11H2,1H3,(H,22,27)(H,24,25). The Morgan fingerprint density at radius 1 is 1.13 bits per heavy atom. The van der Waals surface area contributed by atoms with Gasteiger partial charge in [-0.25, -0.2) is 0 Å². The molecule has 0 unspecified atom stereocenters. The minimum Gasteiger partial charge on any atom is -0.469 e. The zero-order valence-corrected chi connectivity index (χ0v) is 16.4. The van der Waals surface area contributed by atoms with Gasteiger partial charge in [-0.1, -0.05) is 0 Å². The molecule has 0 saturated heterocycles. The van der Waals surface area contributed by atoms with Crippen molar-refractivity contribution >= 4 is 28.4 Å². The monoisotopic (exact) mass is 419 g/mol. The Bertz CT molecular complexity index is 1270. The fourth-order valence-corrected chi connectivity index (χ4v) is 3.12. The van der Waals surface area contributed by atoms with Gasteiger partial charge in [0.15, 0.2) is 17.3 Å². The zero-order valence-electron chi connectivity index (χ0n) is 16.4. The predicted molar refractivity (Wildman–Crippen MR) is 110 cm³/mol. The summed E-state index contributed by atoms with van der Waals surface area (Å²) in [6, 6.07) is 10.7. The van der Waals surface area contributed by atoms with Crippen LogP contribution in [-0.4, -0.2) is 34.9 Å². The molecule has 1 aromatic carbocycles. The molecule has 0 bridgehead atoms. The van der Waals surface area contributed by atoms with Crippen molar-refractivity contribution in [3.63, 3.8) is 0 Å². The van der Waals surface area contributed by atoms with Gasteiger partial charge in [0.2, 0.25) is 12.4 Å². The molecule has 1 amide bonds. The number of carbonyl (C=O) groups excluding carboxylic acids is 1. The number of amides is 1. The van der Waals surface area contributed by atoms with Gasteiger partial charge in [-0.15, -0.1) is 10.2 Å². The lowest BCUT2D eigenvalue weighted by Crippen LogP contribution is -2.19. The molecule has 0 fully saturated rings. The van der Waals surface area contributed by atoms with E-state index in [0.717, 1.165) is 11.3 Å². The molecule has 3 aromatic heterocycles. The van der Waals surface area contributed by atoms with Crippen molar-refractivity contribution in [3.05, 3.63) is 60.1 Å². The molecule has 31 heavy (non-hydrogen) atoms. The first-order chi connectivity index (χ1) is 15.2. The van der Waals surface area contributed by atoms with Crippen molar-refractivity contribution in [2.45, 2.75) is 6.61 Å². The topological polar surface area (TPSA) is 121 Å². The van der Waals surface area contributed by atoms with Gasteiger partial charge in [0.25, 0.3) is 11.8 Å². The summed E-state index contributed by atoms with van der Waals surface area (Å²) < 4.78 is 22.1. The molecule has 5 rings (SSSR count). The number of nitrogens with zero attached hydrogens (tertiary/aromatic N) is 3. The number of benzene rings is 1. The van der Waals surface area contributed by atoms with E-state index in [4.69, 9.17) is 18.6 Å². The van der Waals surface area contributed by atoms with Gasteiger partial charge >= 0.3 is 0 Å². The molecule has 1 aliphatic heterocycles. The van der Waals surface area contributed by atoms with E-state index in [1.807, 2.05) is 18.2 Å². The first-order valence-electron chi connectivity index (χ1n) is 9.41. The third-order valence-electron chi connectivity index (χ3n) is 4.65. The normalized spacial score (nSPS) is 12.0. The second kappa shape index (κ2) is 7.82. The number of rotatable bonds is 6. The van der Waals surface area contributed by atoms with Gasteiger partial charge in [-0.05, 0) is 35.9 Å². The molecule has 4 aromatic rings. The molecule has 4 heterocycles. The number of fused-ring (bicyclic) bond motifs is 2. The highest BCUT2D eigenvalue weighted by molar-refractivity contribution is 5.93. The van der Waals surface area contributed by atoms with E-state index in [1.54, 1.807) is 37.7 Å². The van der Waals surface area contributed by atoms with Gasteiger partial charge in [-0.2, -0.15) is 0 Å². The maximum atomic E-state index is 11.8. The number of furan rings is 1. The van der Waals surface area contributed by atoms with Crippen LogP contribution in [0.2, 0.25) is 0 Å². The SMILES string of the molecule is CNC(=O)c1cc(COc2nnc(Nc3ccc4c(c3)OCO4)c3ccoc23)ccn1. The molecular formula is C21H17N5O5. The second-order valence-electron chi connectivity index (χ2n) is 6.63. The summed E-state index contributed by atoms with van der Waals surface area (Å²) in [4.78, 5) is 15.8. The fraction of sp³-hybridized carbons (Fsp3) is 0.143. The summed E-state index contributed by atoms with van der Waals surface area (Å²) in [6.07, 6.45) is 3.09. The van der Waals surface area contributed by atoms with Crippen LogP contribution in [0.1, 0.15) is 16.1 Å². The molecule has 0 spiro atoms. The largest absolute Gasteiger partial charge is 0.469 e. The average Bonchev–Trinajstić information content (AvgIpc) is 3.48. The summed E-state index contributed by atoms with van der Waals surface area (Å²) >= 11 is 0. The third kappa shape index (κ3) is 3.66. The Balaban J connectivity index is 1.36. The molecule has 0 radical (unpaired) electrons. The van der Waals surface area contributed by atoms with E-state index < -0.39 is 0 Å². The fourth-order valence-electron chi connectivity index (χ4n) is 3.12. The number of aromatic nitrogens is 3. The zero-order chi connectivity index (χ0) is 21.2. The molecule has 2 N–H and O–H groups in total. The first kappa shape index (κ1) is 18.7. The number of ether oxygens (including phenoxy) is 3. The number of pyridine rings is 1. The van der Waals surface area contributed by atoms with E-state index in [1.165, 1.54) is 0 Å². The van der Waals surface area contributed by atoms with Gasteiger partial charge in [0, 0.05) is 25.0 Å². The number of nitrogens with one attached hydrogen (secondary N) is 2. The van der Waals surface area contributed by atoms with Crippen LogP contribution in [0, 0.1) is 0 Å². The second-order valence-corrected chi connectivity index (χ2v) is 6.63. The van der Waals surface area contributed by atoms with Crippen LogP contribution < -0.4 is 24.8 Å². The number of carbonyl (C=O) groups is 1. The summed E-state index contributed by atoms with van der Waals surface area (Å²) in [5.74, 6) is 1.85. The molecule has 0 atom stereocenters. The minimum absolute atomic E-state index is 0.173. The first-order valence-corrected chi connectivity index (χ1v) is 9.41. The highest BCUT2D eigenvalue weighted by Crippen LogP contribution is 2.36. The summed E-state index contributed by atoms with van der Waals surface area (Å²) in [5.41, 5.74) is 2.30. The van der Waals surface area contributed by atoms with Crippen LogP contribution in [0.4, 0.5) is 11.5 Å². The Labute approximate surface area is 176 Å². The molecule has 10 nitrogen and oxygen atoms in total. The van der Waals surface area contributed by atoms with E-state index >= 15 is 0 Å². The van der Waals surface area contributed by atoms with E-state index in [9.17, 15) is 4.79 Å². The van der Waals surface area contributed by atoms with Crippen LogP contribution >= 0.6 is 0 Å². The van der Waals surface area contributed by atoms with Crippen molar-refractivity contribution in [3.8, 4) is 17.4 Å². The van der Waals surface area contributed by atoms with Crippen molar-refractivity contribution in [2.75, 3.05) is 19.2 Å². The van der Waals surface area contributed by atoms with Gasteiger partial charge in [0.1, 0.15) is 12.3 Å². The van der Waals surface area contributed by atoms with E-state index in [-0.39, 0.29) is 25.2 Å². The maximum Gasteiger partial charge on any atom is 0.278 e. The van der Waals surface area contributed by atoms with E-state index in [2.05, 4.69) is 25.8 Å². The quantitative estimate of drug-likeness (QED) is 0.486. The van der Waals surface area contributed by atoms with Gasteiger partial charge < -0.3 is 29.3 Å². The molecular weight excluding hydrogens is 402 g/mol. The summed E-state index contributed by atoms with van der Waals surface area (Å²) in [6.45, 7) is 0.380. The predicted octanol–water partition coefficient (Wildman–Crippen LogP) is 3.03. The van der Waals surface area contributed by atoms with Crippen molar-refractivity contribution in [1.29, 1.82) is 0 Å². The highest BCUT2D eigenvalue weighted by atomic mass is 16.7. The molecule has 0 aliphatic carbocycles. The van der Waals surface area contributed by atoms with Crippen LogP contribution in [0.15, 0.2) is 53.3 Å². The van der Waals surface area contributed by atoms with Crippen molar-refractivity contribution in [2.24, 2.45) is 0 Å². The Kier molecular flexibility index (Phi) is 4.71. The maximum absolute atomic E-state index is 11.8. The number of hydrogen-bond acceptors (Lipinski definition) is 9. The van der Waals surface area contributed by atoms with Crippen molar-refractivity contribution in [1.82, 2.24) is 20.5 Å². The number of anilines is 2. The minimum atomic E-state index is -0.269. The Morgan fingerprint density at radius 3 is 2.94 bits per heavy atom. The Morgan fingerprint density at radius 2 is 2.03 bits per heavy atom. The van der Waals surface area contributed by atoms with Crippen LogP contribution in [0.25, 0.3) is 11.0 Å². The molecule has 0 saturated carbocycles. The summed E-state index contributed by atoms with van der Waals surface area (Å²) in [7, 11) is 1.55. The molecule has 156 valence electrons. The molecule has 10 heteroatoms. The van der Waals surface area contributed by atoms with Crippen LogP contribution in [-0.2, 0) is 6.61 Å². The summed E-state index contributed by atoms with van der Waals surface area (Å²) in [5, 5.41) is 14.9. The third-order valence-corrected chi connectivity index (χ3v) is 4.65. The van der Waals surface area contributed by atoms with Gasteiger partial charge in [0.05, 0.1) is 11.6 Å². The number of hydrogen-bond donors (Lipinski definition) is 2. The lowest BCUT2D eigenvalue weighted by Gasteiger charge is -2.09. The van der Waals surface area contributed by atoms with E-state index in [0.29, 0.717) is 34.0 Å². The van der Waals surface area contributed by atoms with Crippen molar-refractivity contribution < 1.29 is 23.4 Å². The smallest absolute Gasteiger partial charge is 0.278 e. The highest BCUT2D eigenvalue weighted by Gasteiger charge is 2.17. The lowest BCUT2D eigenvalue weighted by molar-refractivity contribution is 0.0958.